The van der Waals surface area contributed by atoms with Gasteiger partial charge in [0.1, 0.15) is 5.94 Å². The minimum atomic E-state index is 0.0918. The number of carbonyl (C=O) groups excluding carboxylic acids is 1. The molecule has 0 unspecified atom stereocenters. The highest BCUT2D eigenvalue weighted by molar-refractivity contribution is 8.77. The van der Waals surface area contributed by atoms with Crippen molar-refractivity contribution in [2.45, 2.75) is 45.3 Å². The van der Waals surface area contributed by atoms with Crippen molar-refractivity contribution in [3.8, 4) is 0 Å². The molecular weight excluding hydrogens is 316 g/mol. The Labute approximate surface area is 144 Å². The van der Waals surface area contributed by atoms with E-state index in [1.165, 1.54) is 0 Å². The van der Waals surface area contributed by atoms with E-state index in [2.05, 4.69) is 44.4 Å². The minimum Gasteiger partial charge on any atom is -0.370 e. The molecule has 0 aliphatic carbocycles. The summed E-state index contributed by atoms with van der Waals surface area (Å²) in [4.78, 5) is 11.6. The van der Waals surface area contributed by atoms with Crippen molar-refractivity contribution >= 4 is 27.5 Å². The van der Waals surface area contributed by atoms with E-state index in [9.17, 15) is 4.79 Å². The van der Waals surface area contributed by atoms with Crippen LogP contribution in [0, 0.1) is 5.92 Å². The van der Waals surface area contributed by atoms with Crippen molar-refractivity contribution in [3.63, 3.8) is 0 Å². The van der Waals surface area contributed by atoms with Crippen LogP contribution in [0.4, 0.5) is 0 Å². The molecule has 0 aromatic rings. The SMILES string of the molecule is CNCC(C)(C)SSCOCCCC(=O)NC/C=C/C(C)C. The number of nitrogens with one attached hydrogen (secondary N) is 2. The van der Waals surface area contributed by atoms with Crippen LogP contribution in [0.25, 0.3) is 0 Å². The fraction of sp³-hybridized carbons (Fsp3) is 0.812. The Balaban J connectivity index is 3.44. The van der Waals surface area contributed by atoms with E-state index in [0.29, 0.717) is 31.4 Å². The van der Waals surface area contributed by atoms with Gasteiger partial charge in [-0.15, -0.1) is 0 Å². The zero-order chi connectivity index (χ0) is 16.8. The second-order valence-electron chi connectivity index (χ2n) is 6.10. The van der Waals surface area contributed by atoms with Crippen LogP contribution in [0.5, 0.6) is 0 Å². The Morgan fingerprint density at radius 2 is 2.09 bits per heavy atom. The van der Waals surface area contributed by atoms with E-state index in [1.54, 1.807) is 10.8 Å². The molecular formula is C16H32N2O2S2. The van der Waals surface area contributed by atoms with Gasteiger partial charge < -0.3 is 15.4 Å². The molecule has 0 spiro atoms. The third-order valence-electron chi connectivity index (χ3n) is 2.65. The van der Waals surface area contributed by atoms with Crippen LogP contribution in [0.15, 0.2) is 12.2 Å². The second kappa shape index (κ2) is 13.3. The first kappa shape index (κ1) is 21.8. The van der Waals surface area contributed by atoms with Crippen molar-refractivity contribution < 1.29 is 9.53 Å². The Morgan fingerprint density at radius 1 is 1.36 bits per heavy atom. The topological polar surface area (TPSA) is 50.4 Å². The number of amides is 1. The van der Waals surface area contributed by atoms with Crippen LogP contribution < -0.4 is 10.6 Å². The summed E-state index contributed by atoms with van der Waals surface area (Å²) in [7, 11) is 5.51. The third kappa shape index (κ3) is 14.8. The molecule has 0 aromatic carbocycles. The van der Waals surface area contributed by atoms with E-state index in [4.69, 9.17) is 4.74 Å². The molecule has 0 atom stereocenters. The van der Waals surface area contributed by atoms with Gasteiger partial charge in [-0.2, -0.15) is 0 Å². The number of allylic oxidation sites excluding steroid dienone is 1. The fourth-order valence-corrected chi connectivity index (χ4v) is 3.91. The van der Waals surface area contributed by atoms with Crippen molar-refractivity contribution in [2.24, 2.45) is 5.92 Å². The fourth-order valence-electron chi connectivity index (χ4n) is 1.67. The molecule has 0 fully saturated rings. The van der Waals surface area contributed by atoms with Gasteiger partial charge in [-0.25, -0.2) is 0 Å². The van der Waals surface area contributed by atoms with Crippen LogP contribution in [0.2, 0.25) is 0 Å². The maximum Gasteiger partial charge on any atom is 0.220 e. The summed E-state index contributed by atoms with van der Waals surface area (Å²) in [5.74, 6) is 1.28. The highest BCUT2D eigenvalue weighted by atomic mass is 33.1. The predicted molar refractivity (Wildman–Crippen MR) is 100 cm³/mol. The van der Waals surface area contributed by atoms with Gasteiger partial charge in [-0.1, -0.05) is 47.6 Å². The van der Waals surface area contributed by atoms with Gasteiger partial charge in [0.05, 0.1) is 0 Å². The van der Waals surface area contributed by atoms with Gasteiger partial charge in [0.2, 0.25) is 5.91 Å². The van der Waals surface area contributed by atoms with Crippen molar-refractivity contribution in [3.05, 3.63) is 12.2 Å². The molecule has 0 rings (SSSR count). The summed E-state index contributed by atoms with van der Waals surface area (Å²) in [6.45, 7) is 10.9. The summed E-state index contributed by atoms with van der Waals surface area (Å²) >= 11 is 0. The normalized spacial score (nSPS) is 12.3. The maximum absolute atomic E-state index is 11.6. The van der Waals surface area contributed by atoms with Gasteiger partial charge in [-0.3, -0.25) is 4.79 Å². The minimum absolute atomic E-state index is 0.0918. The van der Waals surface area contributed by atoms with E-state index < -0.39 is 0 Å². The van der Waals surface area contributed by atoms with Crippen LogP contribution in [-0.2, 0) is 9.53 Å². The maximum atomic E-state index is 11.6. The Kier molecular flexibility index (Phi) is 13.2. The Hall–Kier alpha value is -0.170. The highest BCUT2D eigenvalue weighted by Crippen LogP contribution is 2.34. The molecule has 0 aliphatic rings. The summed E-state index contributed by atoms with van der Waals surface area (Å²) in [6.07, 6.45) is 5.39. The lowest BCUT2D eigenvalue weighted by atomic mass is 10.2. The van der Waals surface area contributed by atoms with Crippen LogP contribution in [-0.4, -0.2) is 43.3 Å². The molecule has 0 aromatic heterocycles. The molecule has 0 saturated heterocycles. The first-order valence-electron chi connectivity index (χ1n) is 7.83. The average molecular weight is 349 g/mol. The van der Waals surface area contributed by atoms with Crippen molar-refractivity contribution in [1.82, 2.24) is 10.6 Å². The summed E-state index contributed by atoms with van der Waals surface area (Å²) in [5.41, 5.74) is 0. The summed E-state index contributed by atoms with van der Waals surface area (Å²) in [5, 5.41) is 6.06. The lowest BCUT2D eigenvalue weighted by molar-refractivity contribution is -0.121. The van der Waals surface area contributed by atoms with Gasteiger partial charge in [0.15, 0.2) is 0 Å². The molecule has 1 amide bonds. The van der Waals surface area contributed by atoms with E-state index in [0.717, 1.165) is 13.0 Å². The summed E-state index contributed by atoms with van der Waals surface area (Å²) in [6, 6.07) is 0. The van der Waals surface area contributed by atoms with E-state index in [-0.39, 0.29) is 10.7 Å². The molecule has 2 N–H and O–H groups in total. The highest BCUT2D eigenvalue weighted by Gasteiger charge is 2.17. The monoisotopic (exact) mass is 348 g/mol. The molecule has 4 nitrogen and oxygen atoms in total. The quantitative estimate of drug-likeness (QED) is 0.231. The number of rotatable bonds is 13. The Morgan fingerprint density at radius 3 is 2.73 bits per heavy atom. The molecule has 0 saturated carbocycles. The predicted octanol–water partition coefficient (Wildman–Crippen LogP) is 3.45. The van der Waals surface area contributed by atoms with Crippen LogP contribution in [0.3, 0.4) is 0 Å². The average Bonchev–Trinajstić information content (AvgIpc) is 2.42. The molecule has 6 heteroatoms. The number of hydrogen-bond acceptors (Lipinski definition) is 5. The third-order valence-corrected chi connectivity index (χ3v) is 5.62. The molecule has 0 bridgehead atoms. The van der Waals surface area contributed by atoms with Crippen LogP contribution >= 0.6 is 21.6 Å². The Bertz CT molecular complexity index is 321. The summed E-state index contributed by atoms with van der Waals surface area (Å²) < 4.78 is 5.74. The number of ether oxygens (including phenoxy) is 1. The van der Waals surface area contributed by atoms with Crippen molar-refractivity contribution in [1.29, 1.82) is 0 Å². The lowest BCUT2D eigenvalue weighted by Crippen LogP contribution is -2.28. The molecule has 0 heterocycles. The molecule has 0 radical (unpaired) electrons. The number of carbonyl (C=O) groups is 1. The molecule has 130 valence electrons. The zero-order valence-corrected chi connectivity index (χ0v) is 16.2. The van der Waals surface area contributed by atoms with Gasteiger partial charge >= 0.3 is 0 Å². The zero-order valence-electron chi connectivity index (χ0n) is 14.6. The van der Waals surface area contributed by atoms with E-state index >= 15 is 0 Å². The van der Waals surface area contributed by atoms with E-state index in [1.807, 2.05) is 23.9 Å². The molecule has 0 aliphatic heterocycles. The molecule has 22 heavy (non-hydrogen) atoms. The lowest BCUT2D eigenvalue weighted by Gasteiger charge is -2.22. The van der Waals surface area contributed by atoms with Crippen LogP contribution in [0.1, 0.15) is 40.5 Å². The van der Waals surface area contributed by atoms with Crippen molar-refractivity contribution in [2.75, 3.05) is 32.7 Å². The number of hydrogen-bond donors (Lipinski definition) is 2. The second-order valence-corrected chi connectivity index (χ2v) is 9.05. The smallest absolute Gasteiger partial charge is 0.220 e. The van der Waals surface area contributed by atoms with Gasteiger partial charge in [0, 0.05) is 30.9 Å². The largest absolute Gasteiger partial charge is 0.370 e. The first-order chi connectivity index (χ1) is 10.4. The standard InChI is InChI=1S/C16H32N2O2S2/c1-14(2)8-6-10-18-15(19)9-7-11-20-13-21-22-16(3,4)12-17-5/h6,8,14,17H,7,9-13H2,1-5H3,(H,18,19)/b8-6+. The van der Waals surface area contributed by atoms with Gasteiger partial charge in [-0.05, 0) is 33.2 Å². The first-order valence-corrected chi connectivity index (χ1v) is 10.2. The van der Waals surface area contributed by atoms with Gasteiger partial charge in [0.25, 0.3) is 0 Å².